The number of fused-ring (bicyclic) bond motifs is 2. The molecule has 0 aliphatic carbocycles. The van der Waals surface area contributed by atoms with E-state index in [0.29, 0.717) is 29.6 Å². The van der Waals surface area contributed by atoms with Gasteiger partial charge in [0.25, 0.3) is 0 Å². The quantitative estimate of drug-likeness (QED) is 0.522. The van der Waals surface area contributed by atoms with E-state index in [1.54, 1.807) is 12.4 Å². The summed E-state index contributed by atoms with van der Waals surface area (Å²) in [6, 6.07) is 21.6. The molecule has 4 aromatic rings. The Hall–Kier alpha value is -3.83. The number of rotatable bonds is 4. The van der Waals surface area contributed by atoms with E-state index < -0.39 is 5.97 Å². The first-order valence-electron chi connectivity index (χ1n) is 10.2. The van der Waals surface area contributed by atoms with Crippen molar-refractivity contribution in [2.24, 2.45) is 0 Å². The second-order valence-electron chi connectivity index (χ2n) is 7.72. The van der Waals surface area contributed by atoms with E-state index in [4.69, 9.17) is 4.98 Å². The summed E-state index contributed by atoms with van der Waals surface area (Å²) in [6.45, 7) is 1.96. The minimum atomic E-state index is -0.917. The lowest BCUT2D eigenvalue weighted by Gasteiger charge is -2.31. The minimum absolute atomic E-state index is 0.346. The second kappa shape index (κ2) is 8.13. The van der Waals surface area contributed by atoms with Crippen LogP contribution >= 0.6 is 0 Å². The van der Waals surface area contributed by atoms with E-state index in [1.165, 1.54) is 5.56 Å². The first kappa shape index (κ1) is 19.2. The summed E-state index contributed by atoms with van der Waals surface area (Å²) < 4.78 is 0. The molecule has 1 aliphatic rings. The molecule has 0 radical (unpaired) electrons. The molecule has 31 heavy (non-hydrogen) atoms. The number of benzene rings is 2. The van der Waals surface area contributed by atoms with E-state index in [-0.39, 0.29) is 0 Å². The van der Waals surface area contributed by atoms with E-state index in [2.05, 4.69) is 28.1 Å². The van der Waals surface area contributed by atoms with Crippen LogP contribution in [0.5, 0.6) is 0 Å². The lowest BCUT2D eigenvalue weighted by Crippen LogP contribution is -2.31. The molecule has 0 bridgehead atoms. The summed E-state index contributed by atoms with van der Waals surface area (Å²) in [7, 11) is 0. The highest BCUT2D eigenvalue weighted by molar-refractivity contribution is 6.06. The SMILES string of the molecule is O=C(O)c1c2c(nc3ccccc13)/C(=C\c1ccncc1)CN(Cc1ccccc1)C2. The van der Waals surface area contributed by atoms with Crippen LogP contribution < -0.4 is 0 Å². The van der Waals surface area contributed by atoms with Crippen LogP contribution in [-0.4, -0.2) is 32.5 Å². The molecule has 2 aromatic carbocycles. The molecule has 0 saturated carbocycles. The van der Waals surface area contributed by atoms with Crippen molar-refractivity contribution >= 4 is 28.5 Å². The number of hydrogen-bond acceptors (Lipinski definition) is 4. The Bertz CT molecular complexity index is 1280. The van der Waals surface area contributed by atoms with Crippen molar-refractivity contribution in [1.29, 1.82) is 0 Å². The van der Waals surface area contributed by atoms with E-state index in [0.717, 1.165) is 28.9 Å². The van der Waals surface area contributed by atoms with Gasteiger partial charge in [0, 0.05) is 43.0 Å². The number of hydrogen-bond donors (Lipinski definition) is 1. The molecule has 0 saturated heterocycles. The Kier molecular flexibility index (Phi) is 5.02. The first-order chi connectivity index (χ1) is 15.2. The van der Waals surface area contributed by atoms with Gasteiger partial charge >= 0.3 is 5.97 Å². The maximum atomic E-state index is 12.3. The van der Waals surface area contributed by atoms with Crippen LogP contribution in [-0.2, 0) is 13.1 Å². The van der Waals surface area contributed by atoms with Crippen molar-refractivity contribution in [3.05, 3.63) is 107 Å². The fourth-order valence-corrected chi connectivity index (χ4v) is 4.24. The highest BCUT2D eigenvalue weighted by atomic mass is 16.4. The van der Waals surface area contributed by atoms with Gasteiger partial charge in [0.2, 0.25) is 0 Å². The molecule has 5 nitrogen and oxygen atoms in total. The molecule has 0 unspecified atom stereocenters. The lowest BCUT2D eigenvalue weighted by atomic mass is 9.92. The third-order valence-electron chi connectivity index (χ3n) is 5.58. The molecule has 1 N–H and O–H groups in total. The van der Waals surface area contributed by atoms with Gasteiger partial charge in [-0.25, -0.2) is 9.78 Å². The summed E-state index contributed by atoms with van der Waals surface area (Å²) in [4.78, 5) is 23.6. The standard InChI is InChI=1S/C26H21N3O2/c30-26(31)24-21-8-4-5-9-23(21)28-25-20(14-18-10-12-27-13-11-18)16-29(17-22(24)25)15-19-6-2-1-3-7-19/h1-14H,15-17H2,(H,30,31)/b20-14-. The fourth-order valence-electron chi connectivity index (χ4n) is 4.24. The van der Waals surface area contributed by atoms with Crippen molar-refractivity contribution in [2.45, 2.75) is 13.1 Å². The third kappa shape index (κ3) is 3.83. The molecule has 0 atom stereocenters. The molecular formula is C26H21N3O2. The predicted molar refractivity (Wildman–Crippen MR) is 121 cm³/mol. The van der Waals surface area contributed by atoms with Crippen LogP contribution in [0, 0.1) is 0 Å². The van der Waals surface area contributed by atoms with Crippen molar-refractivity contribution in [3.8, 4) is 0 Å². The van der Waals surface area contributed by atoms with Gasteiger partial charge in [-0.1, -0.05) is 48.5 Å². The number of aromatic carboxylic acids is 1. The van der Waals surface area contributed by atoms with Crippen LogP contribution in [0.3, 0.4) is 0 Å². The highest BCUT2D eigenvalue weighted by Gasteiger charge is 2.28. The predicted octanol–water partition coefficient (Wildman–Crippen LogP) is 4.88. The summed E-state index contributed by atoms with van der Waals surface area (Å²) in [5, 5.41) is 10.8. The largest absolute Gasteiger partial charge is 0.478 e. The van der Waals surface area contributed by atoms with Crippen LogP contribution in [0.2, 0.25) is 0 Å². The Morgan fingerprint density at radius 2 is 1.71 bits per heavy atom. The average molecular weight is 407 g/mol. The minimum Gasteiger partial charge on any atom is -0.478 e. The molecule has 1 aliphatic heterocycles. The molecule has 3 heterocycles. The summed E-state index contributed by atoms with van der Waals surface area (Å²) in [6.07, 6.45) is 5.60. The van der Waals surface area contributed by atoms with Crippen molar-refractivity contribution < 1.29 is 9.90 Å². The number of carbonyl (C=O) groups is 1. The van der Waals surface area contributed by atoms with Crippen molar-refractivity contribution in [2.75, 3.05) is 6.54 Å². The van der Waals surface area contributed by atoms with Gasteiger partial charge in [-0.2, -0.15) is 0 Å². The van der Waals surface area contributed by atoms with Gasteiger partial charge in [-0.05, 0) is 41.0 Å². The zero-order chi connectivity index (χ0) is 21.2. The Labute approximate surface area is 180 Å². The number of para-hydroxylation sites is 1. The number of carboxylic acid groups (broad SMARTS) is 1. The second-order valence-corrected chi connectivity index (χ2v) is 7.72. The van der Waals surface area contributed by atoms with Crippen molar-refractivity contribution in [1.82, 2.24) is 14.9 Å². The Balaban J connectivity index is 1.69. The third-order valence-corrected chi connectivity index (χ3v) is 5.58. The molecule has 2 aromatic heterocycles. The number of pyridine rings is 2. The Morgan fingerprint density at radius 3 is 2.48 bits per heavy atom. The first-order valence-corrected chi connectivity index (χ1v) is 10.2. The van der Waals surface area contributed by atoms with Gasteiger partial charge in [-0.3, -0.25) is 9.88 Å². The molecule has 152 valence electrons. The fraction of sp³-hybridized carbons (Fsp3) is 0.115. The van der Waals surface area contributed by atoms with Crippen LogP contribution in [0.1, 0.15) is 32.7 Å². The summed E-state index contributed by atoms with van der Waals surface area (Å²) in [5.74, 6) is -0.917. The maximum absolute atomic E-state index is 12.3. The zero-order valence-corrected chi connectivity index (χ0v) is 16.9. The van der Waals surface area contributed by atoms with Gasteiger partial charge in [0.15, 0.2) is 0 Å². The number of nitrogens with zero attached hydrogens (tertiary/aromatic N) is 3. The Morgan fingerprint density at radius 1 is 0.968 bits per heavy atom. The van der Waals surface area contributed by atoms with Gasteiger partial charge < -0.3 is 5.11 Å². The lowest BCUT2D eigenvalue weighted by molar-refractivity contribution is 0.0696. The van der Waals surface area contributed by atoms with E-state index >= 15 is 0 Å². The van der Waals surface area contributed by atoms with E-state index in [9.17, 15) is 9.90 Å². The topological polar surface area (TPSA) is 66.3 Å². The molecular weight excluding hydrogens is 386 g/mol. The van der Waals surface area contributed by atoms with Gasteiger partial charge in [-0.15, -0.1) is 0 Å². The zero-order valence-electron chi connectivity index (χ0n) is 16.9. The van der Waals surface area contributed by atoms with E-state index in [1.807, 2.05) is 54.6 Å². The van der Waals surface area contributed by atoms with Crippen LogP contribution in [0.4, 0.5) is 0 Å². The highest BCUT2D eigenvalue weighted by Crippen LogP contribution is 2.34. The summed E-state index contributed by atoms with van der Waals surface area (Å²) in [5.41, 5.74) is 5.82. The monoisotopic (exact) mass is 407 g/mol. The smallest absolute Gasteiger partial charge is 0.336 e. The number of carboxylic acids is 1. The molecule has 0 spiro atoms. The van der Waals surface area contributed by atoms with Crippen molar-refractivity contribution in [3.63, 3.8) is 0 Å². The van der Waals surface area contributed by atoms with Crippen LogP contribution in [0.15, 0.2) is 79.1 Å². The van der Waals surface area contributed by atoms with Gasteiger partial charge in [0.1, 0.15) is 0 Å². The number of aromatic nitrogens is 2. The molecule has 0 amide bonds. The molecule has 5 heteroatoms. The molecule has 5 rings (SSSR count). The van der Waals surface area contributed by atoms with Crippen LogP contribution in [0.25, 0.3) is 22.6 Å². The normalized spacial score (nSPS) is 15.2. The maximum Gasteiger partial charge on any atom is 0.336 e. The molecule has 0 fully saturated rings. The average Bonchev–Trinajstić information content (AvgIpc) is 2.79. The summed E-state index contributed by atoms with van der Waals surface area (Å²) >= 11 is 0. The van der Waals surface area contributed by atoms with Gasteiger partial charge in [0.05, 0.1) is 16.8 Å².